The Hall–Kier alpha value is -1.02. The summed E-state index contributed by atoms with van der Waals surface area (Å²) in [6.07, 6.45) is 3.39. The van der Waals surface area contributed by atoms with Crippen molar-refractivity contribution >= 4 is 23.2 Å². The fourth-order valence-electron chi connectivity index (χ4n) is 1.88. The molecule has 0 heterocycles. The molecule has 1 aromatic rings. The van der Waals surface area contributed by atoms with E-state index in [1.807, 2.05) is 12.1 Å². The van der Waals surface area contributed by atoms with Crippen LogP contribution in [0.15, 0.2) is 12.1 Å². The topological polar surface area (TPSA) is 29.1 Å². The molecule has 0 aliphatic heterocycles. The zero-order valence-corrected chi connectivity index (χ0v) is 8.82. The van der Waals surface area contributed by atoms with Gasteiger partial charge in [0, 0.05) is 6.92 Å². The van der Waals surface area contributed by atoms with Crippen molar-refractivity contribution in [3.63, 3.8) is 0 Å². The lowest BCUT2D eigenvalue weighted by molar-refractivity contribution is -0.114. The summed E-state index contributed by atoms with van der Waals surface area (Å²) in [7, 11) is 0. The third-order valence-electron chi connectivity index (χ3n) is 2.49. The van der Waals surface area contributed by atoms with Gasteiger partial charge in [0.15, 0.2) is 0 Å². The van der Waals surface area contributed by atoms with Crippen molar-refractivity contribution < 1.29 is 4.79 Å². The molecule has 0 atom stereocenters. The van der Waals surface area contributed by atoms with E-state index >= 15 is 0 Å². The maximum absolute atomic E-state index is 10.9. The number of carbonyl (C=O) groups excluding carboxylic acids is 1. The van der Waals surface area contributed by atoms with Gasteiger partial charge in [-0.05, 0) is 42.5 Å². The Morgan fingerprint density at radius 2 is 2.00 bits per heavy atom. The monoisotopic (exact) mass is 209 g/mol. The molecule has 1 N–H and O–H groups in total. The molecule has 74 valence electrons. The average Bonchev–Trinajstić information content (AvgIpc) is 2.51. The first-order chi connectivity index (χ1) is 6.66. The molecule has 3 heteroatoms. The Balaban J connectivity index is 2.37. The van der Waals surface area contributed by atoms with E-state index in [1.165, 1.54) is 24.5 Å². The van der Waals surface area contributed by atoms with Gasteiger partial charge in [0.25, 0.3) is 0 Å². The lowest BCUT2D eigenvalue weighted by Crippen LogP contribution is -2.06. The van der Waals surface area contributed by atoms with Crippen LogP contribution in [-0.2, 0) is 17.6 Å². The third kappa shape index (κ3) is 1.75. The van der Waals surface area contributed by atoms with Crippen LogP contribution in [0, 0.1) is 0 Å². The SMILES string of the molecule is CC(=O)Nc1cc2c(cc1Cl)CCC2. The Labute approximate surface area is 88.3 Å². The maximum atomic E-state index is 10.9. The highest BCUT2D eigenvalue weighted by Gasteiger charge is 2.14. The van der Waals surface area contributed by atoms with Crippen molar-refractivity contribution in [2.75, 3.05) is 5.32 Å². The van der Waals surface area contributed by atoms with E-state index in [-0.39, 0.29) is 5.91 Å². The molecule has 1 aliphatic rings. The lowest BCUT2D eigenvalue weighted by Gasteiger charge is -2.07. The van der Waals surface area contributed by atoms with Crippen molar-refractivity contribution in [1.29, 1.82) is 0 Å². The largest absolute Gasteiger partial charge is 0.325 e. The molecule has 0 spiro atoms. The fourth-order valence-corrected chi connectivity index (χ4v) is 2.11. The van der Waals surface area contributed by atoms with Crippen molar-refractivity contribution in [1.82, 2.24) is 0 Å². The minimum Gasteiger partial charge on any atom is -0.325 e. The number of amides is 1. The van der Waals surface area contributed by atoms with Crippen LogP contribution in [0.2, 0.25) is 5.02 Å². The predicted molar refractivity (Wildman–Crippen MR) is 57.8 cm³/mol. The second kappa shape index (κ2) is 3.62. The van der Waals surface area contributed by atoms with E-state index in [1.54, 1.807) is 0 Å². The van der Waals surface area contributed by atoms with Crippen molar-refractivity contribution in [3.8, 4) is 0 Å². The number of hydrogen-bond acceptors (Lipinski definition) is 1. The first kappa shape index (κ1) is 9.53. The van der Waals surface area contributed by atoms with Gasteiger partial charge >= 0.3 is 0 Å². The summed E-state index contributed by atoms with van der Waals surface area (Å²) in [5.74, 6) is -0.0788. The molecule has 2 rings (SSSR count). The Morgan fingerprint density at radius 1 is 1.36 bits per heavy atom. The van der Waals surface area contributed by atoms with Gasteiger partial charge in [0.2, 0.25) is 5.91 Å². The average molecular weight is 210 g/mol. The number of aryl methyl sites for hydroxylation is 2. The van der Waals surface area contributed by atoms with Gasteiger partial charge in [-0.15, -0.1) is 0 Å². The first-order valence-electron chi connectivity index (χ1n) is 4.75. The number of hydrogen-bond donors (Lipinski definition) is 1. The van der Waals surface area contributed by atoms with Crippen molar-refractivity contribution in [2.24, 2.45) is 0 Å². The van der Waals surface area contributed by atoms with E-state index in [2.05, 4.69) is 5.32 Å². The van der Waals surface area contributed by atoms with Crippen LogP contribution in [0.3, 0.4) is 0 Å². The minimum atomic E-state index is -0.0788. The minimum absolute atomic E-state index is 0.0788. The number of nitrogens with one attached hydrogen (secondary N) is 1. The summed E-state index contributed by atoms with van der Waals surface area (Å²) >= 11 is 6.04. The summed E-state index contributed by atoms with van der Waals surface area (Å²) in [5, 5.41) is 3.37. The van der Waals surface area contributed by atoms with Crippen LogP contribution in [0.5, 0.6) is 0 Å². The Bertz CT molecular complexity index is 387. The highest BCUT2D eigenvalue weighted by atomic mass is 35.5. The van der Waals surface area contributed by atoms with E-state index in [0.29, 0.717) is 5.02 Å². The molecule has 0 bridgehead atoms. The molecule has 0 unspecified atom stereocenters. The standard InChI is InChI=1S/C11H12ClNO/c1-7(14)13-11-6-9-4-2-3-8(9)5-10(11)12/h5-6H,2-4H2,1H3,(H,13,14). The van der Waals surface area contributed by atoms with Crippen LogP contribution < -0.4 is 5.32 Å². The second-order valence-electron chi connectivity index (χ2n) is 3.64. The number of carbonyl (C=O) groups is 1. The number of fused-ring (bicyclic) bond motifs is 1. The smallest absolute Gasteiger partial charge is 0.221 e. The van der Waals surface area contributed by atoms with Crippen LogP contribution in [0.4, 0.5) is 5.69 Å². The number of rotatable bonds is 1. The van der Waals surface area contributed by atoms with Gasteiger partial charge in [0.05, 0.1) is 10.7 Å². The second-order valence-corrected chi connectivity index (χ2v) is 4.04. The molecule has 1 aromatic carbocycles. The zero-order chi connectivity index (χ0) is 10.1. The molecular weight excluding hydrogens is 198 g/mol. The van der Waals surface area contributed by atoms with Crippen molar-refractivity contribution in [2.45, 2.75) is 26.2 Å². The third-order valence-corrected chi connectivity index (χ3v) is 2.80. The Kier molecular flexibility index (Phi) is 2.46. The molecule has 14 heavy (non-hydrogen) atoms. The lowest BCUT2D eigenvalue weighted by atomic mass is 10.1. The first-order valence-corrected chi connectivity index (χ1v) is 5.13. The maximum Gasteiger partial charge on any atom is 0.221 e. The summed E-state index contributed by atoms with van der Waals surface area (Å²) in [4.78, 5) is 10.9. The molecule has 0 saturated heterocycles. The summed E-state index contributed by atoms with van der Waals surface area (Å²) in [6.45, 7) is 1.49. The van der Waals surface area contributed by atoms with Gasteiger partial charge in [-0.2, -0.15) is 0 Å². The summed E-state index contributed by atoms with van der Waals surface area (Å²) in [5.41, 5.74) is 3.38. The van der Waals surface area contributed by atoms with E-state index in [0.717, 1.165) is 18.5 Å². The molecule has 0 radical (unpaired) electrons. The van der Waals surface area contributed by atoms with Gasteiger partial charge < -0.3 is 5.32 Å². The van der Waals surface area contributed by atoms with Gasteiger partial charge in [0.1, 0.15) is 0 Å². The number of benzene rings is 1. The van der Waals surface area contributed by atoms with E-state index in [4.69, 9.17) is 11.6 Å². The quantitative estimate of drug-likeness (QED) is 0.757. The zero-order valence-electron chi connectivity index (χ0n) is 8.06. The molecule has 1 aliphatic carbocycles. The normalized spacial score (nSPS) is 13.9. The van der Waals surface area contributed by atoms with Gasteiger partial charge in [-0.25, -0.2) is 0 Å². The van der Waals surface area contributed by atoms with E-state index < -0.39 is 0 Å². The molecule has 0 fully saturated rings. The highest BCUT2D eigenvalue weighted by Crippen LogP contribution is 2.31. The molecular formula is C11H12ClNO. The predicted octanol–water partition coefficient (Wildman–Crippen LogP) is 2.79. The van der Waals surface area contributed by atoms with E-state index in [9.17, 15) is 4.79 Å². The molecule has 1 amide bonds. The Morgan fingerprint density at radius 3 is 2.64 bits per heavy atom. The molecule has 0 aromatic heterocycles. The van der Waals surface area contributed by atoms with Gasteiger partial charge in [-0.3, -0.25) is 4.79 Å². The summed E-state index contributed by atoms with van der Waals surface area (Å²) in [6, 6.07) is 3.96. The molecule has 0 saturated carbocycles. The van der Waals surface area contributed by atoms with Crippen LogP contribution in [-0.4, -0.2) is 5.91 Å². The summed E-state index contributed by atoms with van der Waals surface area (Å²) < 4.78 is 0. The van der Waals surface area contributed by atoms with Crippen LogP contribution in [0.1, 0.15) is 24.5 Å². The molecule has 2 nitrogen and oxygen atoms in total. The highest BCUT2D eigenvalue weighted by molar-refractivity contribution is 6.33. The van der Waals surface area contributed by atoms with Gasteiger partial charge in [-0.1, -0.05) is 11.6 Å². The number of halogens is 1. The fraction of sp³-hybridized carbons (Fsp3) is 0.364. The number of anilines is 1. The van der Waals surface area contributed by atoms with Crippen LogP contribution >= 0.6 is 11.6 Å². The van der Waals surface area contributed by atoms with Crippen LogP contribution in [0.25, 0.3) is 0 Å². The van der Waals surface area contributed by atoms with Crippen molar-refractivity contribution in [3.05, 3.63) is 28.3 Å².